The highest BCUT2D eigenvalue weighted by Crippen LogP contribution is 2.17. The largest absolute Gasteiger partial charge is 0.371 e. The molecule has 74 valence electrons. The summed E-state index contributed by atoms with van der Waals surface area (Å²) in [4.78, 5) is 7.82. The van der Waals surface area contributed by atoms with Crippen LogP contribution in [0.3, 0.4) is 0 Å². The molecule has 0 bridgehead atoms. The zero-order valence-electron chi connectivity index (χ0n) is 7.06. The Bertz CT molecular complexity index is 310. The van der Waals surface area contributed by atoms with E-state index >= 15 is 0 Å². The lowest BCUT2D eigenvalue weighted by Gasteiger charge is -2.08. The highest BCUT2D eigenvalue weighted by molar-refractivity contribution is 5.21. The molecule has 0 aromatic heterocycles. The first-order valence-corrected chi connectivity index (χ1v) is 3.79. The maximum atomic E-state index is 11.6. The number of nitrogens with zero attached hydrogens (tertiary/aromatic N) is 1. The molecule has 0 aliphatic heterocycles. The summed E-state index contributed by atoms with van der Waals surface area (Å²) in [5.74, 6) is 0. The molecule has 0 N–H and O–H groups in total. The van der Waals surface area contributed by atoms with Crippen LogP contribution in [0, 0.1) is 11.3 Å². The number of rotatable bonds is 4. The van der Waals surface area contributed by atoms with Crippen LogP contribution in [-0.4, -0.2) is 6.61 Å². The van der Waals surface area contributed by atoms with Gasteiger partial charge in [0.15, 0.2) is 0 Å². The van der Waals surface area contributed by atoms with Crippen LogP contribution in [0.1, 0.15) is 11.7 Å². The van der Waals surface area contributed by atoms with E-state index in [9.17, 15) is 8.78 Å². The monoisotopic (exact) mass is 199 g/mol. The van der Waals surface area contributed by atoms with Crippen molar-refractivity contribution in [2.45, 2.75) is 12.7 Å². The summed E-state index contributed by atoms with van der Waals surface area (Å²) in [5, 5.41) is 8.59. The molecular formula is C9H7F2NO2. The minimum Gasteiger partial charge on any atom is -0.207 e. The second-order valence-electron chi connectivity index (χ2n) is 2.37. The molecule has 14 heavy (non-hydrogen) atoms. The Morgan fingerprint density at radius 3 is 2.29 bits per heavy atom. The molecule has 0 spiro atoms. The van der Waals surface area contributed by atoms with E-state index in [1.54, 1.807) is 36.4 Å². The van der Waals surface area contributed by atoms with E-state index in [0.29, 0.717) is 5.56 Å². The van der Waals surface area contributed by atoms with E-state index < -0.39 is 12.7 Å². The standard InChI is InChI=1S/C9H7F2NO2/c10-9(11)14-13-8(6-12)7-4-2-1-3-5-7/h1-5,8-9H. The fraction of sp³-hybridized carbons (Fsp3) is 0.222. The third-order valence-electron chi connectivity index (χ3n) is 1.44. The molecular weight excluding hydrogens is 192 g/mol. The van der Waals surface area contributed by atoms with Crippen LogP contribution in [-0.2, 0) is 9.78 Å². The van der Waals surface area contributed by atoms with Crippen LogP contribution >= 0.6 is 0 Å². The van der Waals surface area contributed by atoms with Gasteiger partial charge in [0.05, 0.1) is 0 Å². The number of hydrogen-bond acceptors (Lipinski definition) is 3. The van der Waals surface area contributed by atoms with E-state index in [1.807, 2.05) is 0 Å². The van der Waals surface area contributed by atoms with Gasteiger partial charge in [-0.3, -0.25) is 0 Å². The van der Waals surface area contributed by atoms with E-state index in [4.69, 9.17) is 5.26 Å². The van der Waals surface area contributed by atoms with Gasteiger partial charge in [0, 0.05) is 0 Å². The van der Waals surface area contributed by atoms with Crippen LogP contribution in [0.4, 0.5) is 8.78 Å². The summed E-state index contributed by atoms with van der Waals surface area (Å²) in [6.07, 6.45) is -1.13. The topological polar surface area (TPSA) is 42.2 Å². The molecule has 0 aliphatic carbocycles. The van der Waals surface area contributed by atoms with Crippen molar-refractivity contribution in [2.24, 2.45) is 0 Å². The molecule has 3 nitrogen and oxygen atoms in total. The predicted octanol–water partition coefficient (Wildman–Crippen LogP) is 2.42. The molecule has 0 saturated heterocycles. The molecule has 1 aromatic rings. The van der Waals surface area contributed by atoms with Crippen LogP contribution in [0.5, 0.6) is 0 Å². The number of nitriles is 1. The van der Waals surface area contributed by atoms with Crippen molar-refractivity contribution in [2.75, 3.05) is 0 Å². The quantitative estimate of drug-likeness (QED) is 0.552. The molecule has 0 aliphatic rings. The van der Waals surface area contributed by atoms with Gasteiger partial charge in [-0.05, 0) is 5.56 Å². The van der Waals surface area contributed by atoms with Crippen LogP contribution in [0.2, 0.25) is 0 Å². The fourth-order valence-corrected chi connectivity index (χ4v) is 0.877. The van der Waals surface area contributed by atoms with Gasteiger partial charge in [0.1, 0.15) is 6.07 Å². The summed E-state index contributed by atoms with van der Waals surface area (Å²) in [6, 6.07) is 9.95. The van der Waals surface area contributed by atoms with Crippen LogP contribution < -0.4 is 0 Å². The molecule has 0 radical (unpaired) electrons. The van der Waals surface area contributed by atoms with Gasteiger partial charge in [0.2, 0.25) is 6.10 Å². The fourth-order valence-electron chi connectivity index (χ4n) is 0.877. The maximum Gasteiger partial charge on any atom is 0.371 e. The maximum absolute atomic E-state index is 11.6. The van der Waals surface area contributed by atoms with Crippen molar-refractivity contribution in [1.29, 1.82) is 5.26 Å². The number of hydrogen-bond donors (Lipinski definition) is 0. The van der Waals surface area contributed by atoms with Crippen molar-refractivity contribution in [3.8, 4) is 6.07 Å². The Morgan fingerprint density at radius 2 is 1.79 bits per heavy atom. The van der Waals surface area contributed by atoms with Crippen LogP contribution in [0.25, 0.3) is 0 Å². The third-order valence-corrected chi connectivity index (χ3v) is 1.44. The molecule has 5 heteroatoms. The van der Waals surface area contributed by atoms with Gasteiger partial charge >= 0.3 is 6.61 Å². The van der Waals surface area contributed by atoms with Crippen molar-refractivity contribution < 1.29 is 18.6 Å². The average Bonchev–Trinajstić information content (AvgIpc) is 2.20. The average molecular weight is 199 g/mol. The zero-order chi connectivity index (χ0) is 10.4. The molecule has 1 atom stereocenters. The third kappa shape index (κ3) is 3.09. The Kier molecular flexibility index (Phi) is 3.98. The molecule has 1 unspecified atom stereocenters. The lowest BCUT2D eigenvalue weighted by atomic mass is 10.1. The van der Waals surface area contributed by atoms with Gasteiger partial charge in [0.25, 0.3) is 0 Å². The van der Waals surface area contributed by atoms with Crippen molar-refractivity contribution >= 4 is 0 Å². The lowest BCUT2D eigenvalue weighted by Crippen LogP contribution is -2.06. The second kappa shape index (κ2) is 5.27. The van der Waals surface area contributed by atoms with E-state index in [-0.39, 0.29) is 0 Å². The van der Waals surface area contributed by atoms with E-state index in [2.05, 4.69) is 9.78 Å². The smallest absolute Gasteiger partial charge is 0.207 e. The van der Waals surface area contributed by atoms with Gasteiger partial charge in [-0.1, -0.05) is 30.3 Å². The Hall–Kier alpha value is -1.51. The molecule has 1 rings (SSSR count). The van der Waals surface area contributed by atoms with Gasteiger partial charge < -0.3 is 0 Å². The lowest BCUT2D eigenvalue weighted by molar-refractivity contribution is -0.398. The van der Waals surface area contributed by atoms with Crippen LogP contribution in [0.15, 0.2) is 30.3 Å². The van der Waals surface area contributed by atoms with Crippen molar-refractivity contribution in [3.63, 3.8) is 0 Å². The highest BCUT2D eigenvalue weighted by Gasteiger charge is 2.14. The first-order chi connectivity index (χ1) is 6.74. The van der Waals surface area contributed by atoms with E-state index in [0.717, 1.165) is 0 Å². The van der Waals surface area contributed by atoms with Gasteiger partial charge in [-0.25, -0.2) is 4.89 Å². The minimum absolute atomic E-state index is 0.468. The SMILES string of the molecule is N#CC(OOC(F)F)c1ccccc1. The second-order valence-corrected chi connectivity index (χ2v) is 2.37. The minimum atomic E-state index is -3.05. The molecule has 0 amide bonds. The summed E-state index contributed by atoms with van der Waals surface area (Å²) < 4.78 is 23.2. The molecule has 0 saturated carbocycles. The van der Waals surface area contributed by atoms with Crippen molar-refractivity contribution in [3.05, 3.63) is 35.9 Å². The Morgan fingerprint density at radius 1 is 1.14 bits per heavy atom. The molecule has 0 heterocycles. The molecule has 1 aromatic carbocycles. The Balaban J connectivity index is 2.60. The van der Waals surface area contributed by atoms with Crippen molar-refractivity contribution in [1.82, 2.24) is 0 Å². The number of benzene rings is 1. The summed E-state index contributed by atoms with van der Waals surface area (Å²) in [5.41, 5.74) is 0.468. The first kappa shape index (κ1) is 10.6. The van der Waals surface area contributed by atoms with Gasteiger partial charge in [-0.15, -0.1) is 0 Å². The predicted molar refractivity (Wildman–Crippen MR) is 43.0 cm³/mol. The normalized spacial score (nSPS) is 12.4. The zero-order valence-corrected chi connectivity index (χ0v) is 7.06. The first-order valence-electron chi connectivity index (χ1n) is 3.79. The summed E-state index contributed by atoms with van der Waals surface area (Å²) in [7, 11) is 0. The summed E-state index contributed by atoms with van der Waals surface area (Å²) >= 11 is 0. The number of halogens is 2. The number of alkyl halides is 2. The summed E-state index contributed by atoms with van der Waals surface area (Å²) in [6.45, 7) is -3.05. The molecule has 0 fully saturated rings. The highest BCUT2D eigenvalue weighted by atomic mass is 19.3. The Labute approximate surface area is 79.4 Å². The van der Waals surface area contributed by atoms with E-state index in [1.165, 1.54) is 0 Å². The van der Waals surface area contributed by atoms with Gasteiger partial charge in [-0.2, -0.15) is 18.9 Å².